The average molecular weight is 245 g/mol. The van der Waals surface area contributed by atoms with E-state index >= 15 is 0 Å². The lowest BCUT2D eigenvalue weighted by Crippen LogP contribution is -2.23. The molecule has 0 aliphatic heterocycles. The van der Waals surface area contributed by atoms with Crippen LogP contribution in [0, 0.1) is 5.82 Å². The van der Waals surface area contributed by atoms with E-state index in [1.54, 1.807) is 24.5 Å². The van der Waals surface area contributed by atoms with Crippen LogP contribution in [0.1, 0.15) is 30.5 Å². The van der Waals surface area contributed by atoms with Crippen LogP contribution in [0.2, 0.25) is 0 Å². The molecule has 1 unspecified atom stereocenters. The summed E-state index contributed by atoms with van der Waals surface area (Å²) in [4.78, 5) is 8.03. The second kappa shape index (κ2) is 6.21. The van der Waals surface area contributed by atoms with E-state index in [4.69, 9.17) is 0 Å². The molecule has 0 fully saturated rings. The Bertz CT molecular complexity index is 487. The molecule has 0 spiro atoms. The van der Waals surface area contributed by atoms with Gasteiger partial charge in [0.15, 0.2) is 0 Å². The van der Waals surface area contributed by atoms with Gasteiger partial charge in [0.25, 0.3) is 0 Å². The Labute approximate surface area is 106 Å². The Kier molecular flexibility index (Phi) is 4.36. The van der Waals surface area contributed by atoms with E-state index < -0.39 is 0 Å². The second-order valence-corrected chi connectivity index (χ2v) is 4.11. The summed E-state index contributed by atoms with van der Waals surface area (Å²) in [6.07, 6.45) is 6.02. The lowest BCUT2D eigenvalue weighted by molar-refractivity contribution is 0.583. The smallest absolute Gasteiger partial charge is 0.123 e. The fourth-order valence-corrected chi connectivity index (χ4v) is 1.86. The summed E-state index contributed by atoms with van der Waals surface area (Å²) in [5, 5.41) is 3.38. The number of hydrogen-bond acceptors (Lipinski definition) is 3. The van der Waals surface area contributed by atoms with Crippen LogP contribution in [-0.4, -0.2) is 16.5 Å². The molecule has 4 heteroatoms. The van der Waals surface area contributed by atoms with Crippen molar-refractivity contribution in [3.63, 3.8) is 0 Å². The van der Waals surface area contributed by atoms with E-state index in [2.05, 4.69) is 22.2 Å². The molecule has 0 aliphatic rings. The third-order valence-electron chi connectivity index (χ3n) is 2.69. The maximum atomic E-state index is 13.3. The van der Waals surface area contributed by atoms with Gasteiger partial charge in [-0.1, -0.05) is 19.1 Å². The van der Waals surface area contributed by atoms with Crippen LogP contribution in [0.5, 0.6) is 0 Å². The highest BCUT2D eigenvalue weighted by Gasteiger charge is 2.14. The first-order valence-electron chi connectivity index (χ1n) is 6.05. The van der Waals surface area contributed by atoms with E-state index in [1.807, 2.05) is 6.07 Å². The molecule has 94 valence electrons. The molecule has 0 bridgehead atoms. The summed E-state index contributed by atoms with van der Waals surface area (Å²) in [6.45, 7) is 2.95. The molecule has 0 aliphatic carbocycles. The zero-order chi connectivity index (χ0) is 12.8. The van der Waals surface area contributed by atoms with Crippen LogP contribution in [0.4, 0.5) is 4.39 Å². The highest BCUT2D eigenvalue weighted by Crippen LogP contribution is 2.21. The van der Waals surface area contributed by atoms with E-state index in [-0.39, 0.29) is 11.9 Å². The van der Waals surface area contributed by atoms with Crippen LogP contribution < -0.4 is 5.32 Å². The Balaban J connectivity index is 2.31. The van der Waals surface area contributed by atoms with Gasteiger partial charge in [-0.25, -0.2) is 14.4 Å². The maximum absolute atomic E-state index is 13.3. The molecular weight excluding hydrogens is 229 g/mol. The third-order valence-corrected chi connectivity index (χ3v) is 2.69. The molecule has 3 nitrogen and oxygen atoms in total. The zero-order valence-corrected chi connectivity index (χ0v) is 10.3. The van der Waals surface area contributed by atoms with Gasteiger partial charge in [-0.2, -0.15) is 0 Å². The highest BCUT2D eigenvalue weighted by molar-refractivity contribution is 5.29. The molecule has 1 aromatic heterocycles. The van der Waals surface area contributed by atoms with Crippen LogP contribution in [0.15, 0.2) is 43.0 Å². The lowest BCUT2D eigenvalue weighted by Gasteiger charge is -2.18. The van der Waals surface area contributed by atoms with Gasteiger partial charge in [0.2, 0.25) is 0 Å². The van der Waals surface area contributed by atoms with Crippen molar-refractivity contribution in [2.75, 3.05) is 6.54 Å². The van der Waals surface area contributed by atoms with Crippen molar-refractivity contribution >= 4 is 0 Å². The number of nitrogens with one attached hydrogen (secondary N) is 1. The van der Waals surface area contributed by atoms with Gasteiger partial charge in [-0.3, -0.25) is 0 Å². The topological polar surface area (TPSA) is 37.8 Å². The first-order chi connectivity index (χ1) is 8.81. The standard InChI is InChI=1S/C14H16FN3/c1-2-6-18-14(12-8-16-10-17-9-12)11-4-3-5-13(15)7-11/h3-5,7-10,14,18H,2,6H2,1H3. The summed E-state index contributed by atoms with van der Waals surface area (Å²) in [5.41, 5.74) is 1.83. The Morgan fingerprint density at radius 3 is 2.67 bits per heavy atom. The number of hydrogen-bond donors (Lipinski definition) is 1. The fraction of sp³-hybridized carbons (Fsp3) is 0.286. The Morgan fingerprint density at radius 1 is 1.22 bits per heavy atom. The maximum Gasteiger partial charge on any atom is 0.123 e. The first-order valence-corrected chi connectivity index (χ1v) is 6.05. The molecule has 1 atom stereocenters. The SMILES string of the molecule is CCCNC(c1cncnc1)c1cccc(F)c1. The van der Waals surface area contributed by atoms with E-state index in [0.29, 0.717) is 0 Å². The van der Waals surface area contributed by atoms with Gasteiger partial charge in [0.05, 0.1) is 6.04 Å². The Hall–Kier alpha value is -1.81. The van der Waals surface area contributed by atoms with Gasteiger partial charge in [0.1, 0.15) is 12.1 Å². The van der Waals surface area contributed by atoms with Gasteiger partial charge in [-0.05, 0) is 30.7 Å². The molecule has 1 N–H and O–H groups in total. The average Bonchev–Trinajstić information content (AvgIpc) is 2.40. The number of nitrogens with zero attached hydrogens (tertiary/aromatic N) is 2. The molecule has 2 rings (SSSR count). The minimum atomic E-state index is -0.229. The predicted octanol–water partition coefficient (Wildman–Crippen LogP) is 2.70. The van der Waals surface area contributed by atoms with E-state index in [0.717, 1.165) is 24.1 Å². The number of aromatic nitrogens is 2. The van der Waals surface area contributed by atoms with Gasteiger partial charge >= 0.3 is 0 Å². The first kappa shape index (κ1) is 12.6. The zero-order valence-electron chi connectivity index (χ0n) is 10.3. The van der Waals surface area contributed by atoms with Crippen molar-refractivity contribution in [1.82, 2.24) is 15.3 Å². The molecule has 0 saturated heterocycles. The molecule has 1 aromatic carbocycles. The van der Waals surface area contributed by atoms with Crippen molar-refractivity contribution in [3.8, 4) is 0 Å². The summed E-state index contributed by atoms with van der Waals surface area (Å²) in [5.74, 6) is -0.229. The van der Waals surface area contributed by atoms with Crippen LogP contribution in [-0.2, 0) is 0 Å². The van der Waals surface area contributed by atoms with Crippen LogP contribution >= 0.6 is 0 Å². The molecule has 0 radical (unpaired) electrons. The number of halogens is 1. The summed E-state index contributed by atoms with van der Waals surface area (Å²) in [6, 6.07) is 6.54. The molecule has 2 aromatic rings. The summed E-state index contributed by atoms with van der Waals surface area (Å²) >= 11 is 0. The quantitative estimate of drug-likeness (QED) is 0.880. The predicted molar refractivity (Wildman–Crippen MR) is 68.6 cm³/mol. The minimum absolute atomic E-state index is 0.0677. The lowest BCUT2D eigenvalue weighted by atomic mass is 10.0. The van der Waals surface area contributed by atoms with Gasteiger partial charge in [0, 0.05) is 18.0 Å². The van der Waals surface area contributed by atoms with Gasteiger partial charge in [-0.15, -0.1) is 0 Å². The van der Waals surface area contributed by atoms with Crippen molar-refractivity contribution in [3.05, 3.63) is 59.9 Å². The van der Waals surface area contributed by atoms with Crippen molar-refractivity contribution in [2.45, 2.75) is 19.4 Å². The van der Waals surface area contributed by atoms with Gasteiger partial charge < -0.3 is 5.32 Å². The highest BCUT2D eigenvalue weighted by atomic mass is 19.1. The van der Waals surface area contributed by atoms with Crippen molar-refractivity contribution in [1.29, 1.82) is 0 Å². The Morgan fingerprint density at radius 2 is 2.00 bits per heavy atom. The molecule has 0 saturated carbocycles. The molecule has 18 heavy (non-hydrogen) atoms. The molecule has 0 amide bonds. The third kappa shape index (κ3) is 3.11. The summed E-state index contributed by atoms with van der Waals surface area (Å²) in [7, 11) is 0. The van der Waals surface area contributed by atoms with Crippen molar-refractivity contribution in [2.24, 2.45) is 0 Å². The second-order valence-electron chi connectivity index (χ2n) is 4.11. The minimum Gasteiger partial charge on any atom is -0.306 e. The van der Waals surface area contributed by atoms with E-state index in [1.165, 1.54) is 12.4 Å². The van der Waals surface area contributed by atoms with Crippen LogP contribution in [0.25, 0.3) is 0 Å². The van der Waals surface area contributed by atoms with Crippen molar-refractivity contribution < 1.29 is 4.39 Å². The number of rotatable bonds is 5. The van der Waals surface area contributed by atoms with E-state index in [9.17, 15) is 4.39 Å². The fourth-order valence-electron chi connectivity index (χ4n) is 1.86. The molecule has 1 heterocycles. The van der Waals surface area contributed by atoms with Crippen LogP contribution in [0.3, 0.4) is 0 Å². The monoisotopic (exact) mass is 245 g/mol. The normalized spacial score (nSPS) is 12.3. The summed E-state index contributed by atoms with van der Waals surface area (Å²) < 4.78 is 13.3. The largest absolute Gasteiger partial charge is 0.306 e. The molecular formula is C14H16FN3. The number of benzene rings is 1.